The van der Waals surface area contributed by atoms with Gasteiger partial charge in [0.2, 0.25) is 0 Å². The topological polar surface area (TPSA) is 71.2 Å². The van der Waals surface area contributed by atoms with Crippen molar-refractivity contribution in [2.24, 2.45) is 0 Å². The van der Waals surface area contributed by atoms with Gasteiger partial charge in [-0.15, -0.1) is 0 Å². The number of aliphatic hydroxyl groups excluding tert-OH is 1. The van der Waals surface area contributed by atoms with Crippen molar-refractivity contribution in [1.29, 1.82) is 0 Å². The van der Waals surface area contributed by atoms with Crippen LogP contribution in [0, 0.1) is 0 Å². The summed E-state index contributed by atoms with van der Waals surface area (Å²) in [5.41, 5.74) is 6.93. The van der Waals surface area contributed by atoms with Crippen LogP contribution < -0.4 is 11.1 Å². The first-order valence-corrected chi connectivity index (χ1v) is 6.34. The summed E-state index contributed by atoms with van der Waals surface area (Å²) in [5, 5.41) is 17.1. The van der Waals surface area contributed by atoms with E-state index in [-0.39, 0.29) is 0 Å². The van der Waals surface area contributed by atoms with Crippen molar-refractivity contribution in [3.63, 3.8) is 0 Å². The maximum atomic E-state index is 9.86. The summed E-state index contributed by atoms with van der Waals surface area (Å²) < 4.78 is 0. The largest absolute Gasteiger partial charge is 0.397 e. The minimum atomic E-state index is -0.573. The average molecular weight is 270 g/mol. The molecular formula is C11H12ClN3OS. The summed E-state index contributed by atoms with van der Waals surface area (Å²) in [6.45, 7) is 0.355. The standard InChI is InChI=1S/C11H12ClN3OS/c12-9-3-8(13)4-14-11(9)15-5-10(16)7-1-2-17-6-7/h1-4,6,10,16H,5,13H2,(H,14,15). The molecule has 0 radical (unpaired) electrons. The Morgan fingerprint density at radius 2 is 2.41 bits per heavy atom. The van der Waals surface area contributed by atoms with Crippen LogP contribution in [0.5, 0.6) is 0 Å². The van der Waals surface area contributed by atoms with E-state index in [9.17, 15) is 5.11 Å². The molecule has 4 nitrogen and oxygen atoms in total. The molecule has 2 aromatic rings. The molecule has 6 heteroatoms. The van der Waals surface area contributed by atoms with Gasteiger partial charge in [-0.25, -0.2) is 4.98 Å². The monoisotopic (exact) mass is 269 g/mol. The molecule has 0 aliphatic rings. The van der Waals surface area contributed by atoms with E-state index < -0.39 is 6.10 Å². The highest BCUT2D eigenvalue weighted by Crippen LogP contribution is 2.22. The lowest BCUT2D eigenvalue weighted by Gasteiger charge is -2.12. The number of halogens is 1. The Labute approximate surface area is 108 Å². The fraction of sp³-hybridized carbons (Fsp3) is 0.182. The number of hydrogen-bond donors (Lipinski definition) is 3. The fourth-order valence-electron chi connectivity index (χ4n) is 1.36. The van der Waals surface area contributed by atoms with Gasteiger partial charge in [0.15, 0.2) is 0 Å². The Morgan fingerprint density at radius 3 is 3.06 bits per heavy atom. The Morgan fingerprint density at radius 1 is 1.59 bits per heavy atom. The van der Waals surface area contributed by atoms with E-state index in [4.69, 9.17) is 17.3 Å². The minimum Gasteiger partial charge on any atom is -0.397 e. The van der Waals surface area contributed by atoms with Crippen molar-refractivity contribution in [3.05, 3.63) is 39.7 Å². The molecule has 2 heterocycles. The molecule has 0 aliphatic heterocycles. The number of anilines is 2. The zero-order chi connectivity index (χ0) is 12.3. The van der Waals surface area contributed by atoms with Crippen LogP contribution in [0.4, 0.5) is 11.5 Å². The van der Waals surface area contributed by atoms with Crippen LogP contribution in [0.2, 0.25) is 5.02 Å². The lowest BCUT2D eigenvalue weighted by molar-refractivity contribution is 0.192. The van der Waals surface area contributed by atoms with Crippen molar-refractivity contribution in [1.82, 2.24) is 4.98 Å². The zero-order valence-electron chi connectivity index (χ0n) is 8.93. The van der Waals surface area contributed by atoms with Crippen LogP contribution in [-0.4, -0.2) is 16.6 Å². The number of nitrogen functional groups attached to an aromatic ring is 1. The van der Waals surface area contributed by atoms with E-state index in [0.717, 1.165) is 5.56 Å². The summed E-state index contributed by atoms with van der Waals surface area (Å²) in [6.07, 6.45) is 0.947. The van der Waals surface area contributed by atoms with E-state index in [1.54, 1.807) is 17.4 Å². The second-order valence-corrected chi connectivity index (χ2v) is 4.74. The summed E-state index contributed by atoms with van der Waals surface area (Å²) in [6, 6.07) is 3.50. The van der Waals surface area contributed by atoms with Crippen molar-refractivity contribution in [2.45, 2.75) is 6.10 Å². The first-order valence-electron chi connectivity index (χ1n) is 5.02. The number of nitrogens with zero attached hydrogens (tertiary/aromatic N) is 1. The van der Waals surface area contributed by atoms with Crippen LogP contribution >= 0.6 is 22.9 Å². The maximum absolute atomic E-state index is 9.86. The second-order valence-electron chi connectivity index (χ2n) is 3.55. The molecule has 0 saturated carbocycles. The molecule has 0 aromatic carbocycles. The Balaban J connectivity index is 1.98. The summed E-state index contributed by atoms with van der Waals surface area (Å²) in [4.78, 5) is 4.05. The van der Waals surface area contributed by atoms with Crippen molar-refractivity contribution < 1.29 is 5.11 Å². The summed E-state index contributed by atoms with van der Waals surface area (Å²) in [5.74, 6) is 0.523. The molecule has 0 bridgehead atoms. The lowest BCUT2D eigenvalue weighted by atomic mass is 10.2. The third-order valence-corrected chi connectivity index (χ3v) is 3.24. The molecule has 2 aromatic heterocycles. The van der Waals surface area contributed by atoms with Crippen molar-refractivity contribution in [3.8, 4) is 0 Å². The Bertz CT molecular complexity index is 489. The van der Waals surface area contributed by atoms with Crippen LogP contribution in [0.25, 0.3) is 0 Å². The second kappa shape index (κ2) is 5.35. The predicted octanol–water partition coefficient (Wildman–Crippen LogP) is 2.52. The molecule has 17 heavy (non-hydrogen) atoms. The number of rotatable bonds is 4. The van der Waals surface area contributed by atoms with Crippen LogP contribution in [0.1, 0.15) is 11.7 Å². The highest BCUT2D eigenvalue weighted by Gasteiger charge is 2.09. The van der Waals surface area contributed by atoms with Gasteiger partial charge in [-0.2, -0.15) is 11.3 Å². The van der Waals surface area contributed by atoms with Crippen LogP contribution in [0.15, 0.2) is 29.1 Å². The zero-order valence-corrected chi connectivity index (χ0v) is 10.5. The predicted molar refractivity (Wildman–Crippen MR) is 71.4 cm³/mol. The minimum absolute atomic E-state index is 0.355. The number of nitrogens with one attached hydrogen (secondary N) is 1. The highest BCUT2D eigenvalue weighted by molar-refractivity contribution is 7.07. The average Bonchev–Trinajstić information content (AvgIpc) is 2.81. The molecular weight excluding hydrogens is 258 g/mol. The molecule has 1 atom stereocenters. The number of pyridine rings is 1. The molecule has 0 spiro atoms. The molecule has 0 amide bonds. The molecule has 90 valence electrons. The maximum Gasteiger partial charge on any atom is 0.145 e. The molecule has 4 N–H and O–H groups in total. The number of thiophene rings is 1. The van der Waals surface area contributed by atoms with E-state index in [1.807, 2.05) is 16.8 Å². The number of hydrogen-bond acceptors (Lipinski definition) is 5. The van der Waals surface area contributed by atoms with Gasteiger partial charge in [0.05, 0.1) is 23.0 Å². The van der Waals surface area contributed by atoms with Crippen LogP contribution in [-0.2, 0) is 0 Å². The van der Waals surface area contributed by atoms with Gasteiger partial charge in [0.1, 0.15) is 5.82 Å². The van der Waals surface area contributed by atoms with Gasteiger partial charge in [0, 0.05) is 6.54 Å². The quantitative estimate of drug-likeness (QED) is 0.798. The molecule has 0 aliphatic carbocycles. The van der Waals surface area contributed by atoms with E-state index >= 15 is 0 Å². The van der Waals surface area contributed by atoms with Gasteiger partial charge in [-0.05, 0) is 28.5 Å². The number of aliphatic hydroxyl groups is 1. The molecule has 2 rings (SSSR count). The number of nitrogens with two attached hydrogens (primary N) is 1. The Kier molecular flexibility index (Phi) is 3.83. The van der Waals surface area contributed by atoms with Crippen molar-refractivity contribution >= 4 is 34.4 Å². The van der Waals surface area contributed by atoms with Gasteiger partial charge in [-0.3, -0.25) is 0 Å². The molecule has 0 saturated heterocycles. The van der Waals surface area contributed by atoms with Gasteiger partial charge in [-0.1, -0.05) is 11.6 Å². The first-order chi connectivity index (χ1) is 8.16. The van der Waals surface area contributed by atoms with Crippen molar-refractivity contribution in [2.75, 3.05) is 17.6 Å². The lowest BCUT2D eigenvalue weighted by Crippen LogP contribution is -2.12. The first kappa shape index (κ1) is 12.2. The van der Waals surface area contributed by atoms with Gasteiger partial charge < -0.3 is 16.2 Å². The third kappa shape index (κ3) is 3.09. The fourth-order valence-corrected chi connectivity index (χ4v) is 2.31. The van der Waals surface area contributed by atoms with E-state index in [1.165, 1.54) is 6.20 Å². The van der Waals surface area contributed by atoms with Crippen LogP contribution in [0.3, 0.4) is 0 Å². The number of aromatic nitrogens is 1. The normalized spacial score (nSPS) is 12.4. The Hall–Kier alpha value is -1.30. The van der Waals surface area contributed by atoms with Gasteiger partial charge in [0.25, 0.3) is 0 Å². The summed E-state index contributed by atoms with van der Waals surface area (Å²) >= 11 is 7.50. The highest BCUT2D eigenvalue weighted by atomic mass is 35.5. The SMILES string of the molecule is Nc1cnc(NCC(O)c2ccsc2)c(Cl)c1. The molecule has 0 fully saturated rings. The van der Waals surface area contributed by atoms with Gasteiger partial charge >= 0.3 is 0 Å². The van der Waals surface area contributed by atoms with E-state index in [2.05, 4.69) is 10.3 Å². The summed E-state index contributed by atoms with van der Waals surface area (Å²) in [7, 11) is 0. The molecule has 1 unspecified atom stereocenters. The third-order valence-electron chi connectivity index (χ3n) is 2.25. The van der Waals surface area contributed by atoms with E-state index in [0.29, 0.717) is 23.1 Å². The smallest absolute Gasteiger partial charge is 0.145 e.